The third-order valence-electron chi connectivity index (χ3n) is 3.22. The van der Waals surface area contributed by atoms with E-state index in [0.29, 0.717) is 29.4 Å². The second-order valence-corrected chi connectivity index (χ2v) is 4.94. The lowest BCUT2D eigenvalue weighted by Gasteiger charge is -2.10. The first-order valence-electron chi connectivity index (χ1n) is 7.52. The first kappa shape index (κ1) is 17.9. The van der Waals surface area contributed by atoms with E-state index >= 15 is 0 Å². The zero-order valence-electron chi connectivity index (χ0n) is 13.8. The molecule has 1 aromatic carbocycles. The van der Waals surface area contributed by atoms with Gasteiger partial charge in [0.15, 0.2) is 11.5 Å². The minimum atomic E-state index is -0.482. The smallest absolute Gasteiger partial charge is 0.262 e. The molecule has 0 bridgehead atoms. The molecule has 128 valence electrons. The van der Waals surface area contributed by atoms with Crippen LogP contribution in [0.15, 0.2) is 59.2 Å². The summed E-state index contributed by atoms with van der Waals surface area (Å²) in [5.41, 5.74) is 0.626. The molecule has 2 aromatic rings. The predicted octanol–water partition coefficient (Wildman–Crippen LogP) is 3.08. The summed E-state index contributed by atoms with van der Waals surface area (Å²) < 4.78 is 15.9. The van der Waals surface area contributed by atoms with E-state index in [1.54, 1.807) is 36.4 Å². The first-order chi connectivity index (χ1) is 12.2. The van der Waals surface area contributed by atoms with Crippen molar-refractivity contribution in [3.8, 4) is 17.6 Å². The van der Waals surface area contributed by atoms with Gasteiger partial charge >= 0.3 is 0 Å². The summed E-state index contributed by atoms with van der Waals surface area (Å²) in [5.74, 6) is 1.19. The minimum absolute atomic E-state index is 0.0200. The zero-order chi connectivity index (χ0) is 18.1. The summed E-state index contributed by atoms with van der Waals surface area (Å²) in [6.45, 7) is 4.15. The number of rotatable bonds is 8. The lowest BCUT2D eigenvalue weighted by Crippen LogP contribution is -2.23. The Morgan fingerprint density at radius 1 is 1.40 bits per heavy atom. The van der Waals surface area contributed by atoms with E-state index in [1.165, 1.54) is 19.4 Å². The van der Waals surface area contributed by atoms with Crippen molar-refractivity contribution in [2.75, 3.05) is 13.7 Å². The number of methoxy groups -OCH3 is 1. The van der Waals surface area contributed by atoms with Crippen molar-refractivity contribution < 1.29 is 18.7 Å². The molecule has 6 heteroatoms. The molecule has 1 N–H and O–H groups in total. The number of amides is 1. The molecule has 2 rings (SSSR count). The standard InChI is InChI=1S/C19H18N2O4/c1-3-8-25-17-7-6-14(11-18(17)23-2)10-15(12-20)19(22)21-13-16-5-4-9-24-16/h3-7,9-11H,1,8,13H2,2H3,(H,21,22)/b15-10+. The quantitative estimate of drug-likeness (QED) is 0.454. The Morgan fingerprint density at radius 2 is 2.24 bits per heavy atom. The molecule has 0 atom stereocenters. The highest BCUT2D eigenvalue weighted by Crippen LogP contribution is 2.29. The summed E-state index contributed by atoms with van der Waals surface area (Å²) in [6, 6.07) is 10.5. The molecule has 6 nitrogen and oxygen atoms in total. The molecule has 0 unspecified atom stereocenters. The number of carbonyl (C=O) groups excluding carboxylic acids is 1. The molecule has 0 spiro atoms. The molecule has 0 saturated heterocycles. The van der Waals surface area contributed by atoms with Gasteiger partial charge < -0.3 is 19.2 Å². The second-order valence-electron chi connectivity index (χ2n) is 4.94. The number of furan rings is 1. The fourth-order valence-corrected chi connectivity index (χ4v) is 2.03. The van der Waals surface area contributed by atoms with Crippen LogP contribution >= 0.6 is 0 Å². The molecule has 1 heterocycles. The van der Waals surface area contributed by atoms with Crippen LogP contribution in [-0.4, -0.2) is 19.6 Å². The molecule has 0 radical (unpaired) electrons. The van der Waals surface area contributed by atoms with E-state index in [2.05, 4.69) is 11.9 Å². The van der Waals surface area contributed by atoms with Gasteiger partial charge in [-0.05, 0) is 35.9 Å². The van der Waals surface area contributed by atoms with Crippen molar-refractivity contribution >= 4 is 12.0 Å². The number of nitriles is 1. The highest BCUT2D eigenvalue weighted by Gasteiger charge is 2.11. The van der Waals surface area contributed by atoms with Crippen molar-refractivity contribution in [1.82, 2.24) is 5.32 Å². The fraction of sp³-hybridized carbons (Fsp3) is 0.158. The van der Waals surface area contributed by atoms with E-state index in [1.807, 2.05) is 6.07 Å². The highest BCUT2D eigenvalue weighted by atomic mass is 16.5. The van der Waals surface area contributed by atoms with Crippen LogP contribution < -0.4 is 14.8 Å². The predicted molar refractivity (Wildman–Crippen MR) is 92.8 cm³/mol. The number of carbonyl (C=O) groups is 1. The Labute approximate surface area is 146 Å². The van der Waals surface area contributed by atoms with Gasteiger partial charge in [-0.25, -0.2) is 0 Å². The Bertz CT molecular complexity index is 801. The average molecular weight is 338 g/mol. The van der Waals surface area contributed by atoms with E-state index < -0.39 is 5.91 Å². The molecule has 0 aliphatic heterocycles. The number of hydrogen-bond donors (Lipinski definition) is 1. The molecule has 0 aliphatic carbocycles. The van der Waals surface area contributed by atoms with Crippen molar-refractivity contribution in [3.63, 3.8) is 0 Å². The molecular formula is C19H18N2O4. The average Bonchev–Trinajstić information content (AvgIpc) is 3.16. The van der Waals surface area contributed by atoms with Gasteiger partial charge in [-0.3, -0.25) is 4.79 Å². The maximum atomic E-state index is 12.1. The fourth-order valence-electron chi connectivity index (χ4n) is 2.03. The zero-order valence-corrected chi connectivity index (χ0v) is 13.8. The monoisotopic (exact) mass is 338 g/mol. The summed E-state index contributed by atoms with van der Waals surface area (Å²) in [7, 11) is 1.52. The van der Waals surface area contributed by atoms with Crippen LogP contribution in [0, 0.1) is 11.3 Å². The topological polar surface area (TPSA) is 84.5 Å². The van der Waals surface area contributed by atoms with Crippen molar-refractivity contribution in [1.29, 1.82) is 5.26 Å². The van der Waals surface area contributed by atoms with Gasteiger partial charge in [0.25, 0.3) is 5.91 Å². The largest absolute Gasteiger partial charge is 0.493 e. The maximum absolute atomic E-state index is 12.1. The number of nitrogens with one attached hydrogen (secondary N) is 1. The van der Waals surface area contributed by atoms with Crippen molar-refractivity contribution in [3.05, 3.63) is 66.1 Å². The number of ether oxygens (including phenoxy) is 2. The third kappa shape index (κ3) is 5.01. The van der Waals surface area contributed by atoms with Crippen LogP contribution in [0.1, 0.15) is 11.3 Å². The number of benzene rings is 1. The Kier molecular flexibility index (Phi) is 6.43. The van der Waals surface area contributed by atoms with Gasteiger partial charge in [-0.1, -0.05) is 18.7 Å². The summed E-state index contributed by atoms with van der Waals surface area (Å²) in [6.07, 6.45) is 4.63. The molecule has 0 saturated carbocycles. The summed E-state index contributed by atoms with van der Waals surface area (Å²) in [4.78, 5) is 12.1. The SMILES string of the molecule is C=CCOc1ccc(/C=C(\C#N)C(=O)NCc2ccco2)cc1OC. The summed E-state index contributed by atoms with van der Waals surface area (Å²) in [5, 5.41) is 11.9. The van der Waals surface area contributed by atoms with E-state index in [0.717, 1.165) is 0 Å². The maximum Gasteiger partial charge on any atom is 0.262 e. The van der Waals surface area contributed by atoms with Crippen LogP contribution in [0.2, 0.25) is 0 Å². The lowest BCUT2D eigenvalue weighted by molar-refractivity contribution is -0.117. The molecule has 1 aromatic heterocycles. The third-order valence-corrected chi connectivity index (χ3v) is 3.22. The number of hydrogen-bond acceptors (Lipinski definition) is 5. The molecule has 25 heavy (non-hydrogen) atoms. The van der Waals surface area contributed by atoms with Crippen LogP contribution in [0.3, 0.4) is 0 Å². The Hall–Kier alpha value is -3.46. The van der Waals surface area contributed by atoms with Gasteiger partial charge in [0.1, 0.15) is 24.0 Å². The van der Waals surface area contributed by atoms with Crippen molar-refractivity contribution in [2.45, 2.75) is 6.54 Å². The van der Waals surface area contributed by atoms with E-state index in [4.69, 9.17) is 13.9 Å². The number of nitrogens with zero attached hydrogens (tertiary/aromatic N) is 1. The van der Waals surface area contributed by atoms with Crippen LogP contribution in [-0.2, 0) is 11.3 Å². The summed E-state index contributed by atoms with van der Waals surface area (Å²) >= 11 is 0. The minimum Gasteiger partial charge on any atom is -0.493 e. The molecule has 0 aliphatic rings. The van der Waals surface area contributed by atoms with E-state index in [-0.39, 0.29) is 12.1 Å². The van der Waals surface area contributed by atoms with Gasteiger partial charge in [0.2, 0.25) is 0 Å². The van der Waals surface area contributed by atoms with E-state index in [9.17, 15) is 10.1 Å². The van der Waals surface area contributed by atoms with Crippen LogP contribution in [0.4, 0.5) is 0 Å². The molecule has 1 amide bonds. The normalized spacial score (nSPS) is 10.6. The van der Waals surface area contributed by atoms with Gasteiger partial charge in [-0.15, -0.1) is 0 Å². The second kappa shape index (κ2) is 8.99. The molecular weight excluding hydrogens is 320 g/mol. The first-order valence-corrected chi connectivity index (χ1v) is 7.52. The van der Waals surface area contributed by atoms with Gasteiger partial charge in [-0.2, -0.15) is 5.26 Å². The van der Waals surface area contributed by atoms with Gasteiger partial charge in [0, 0.05) is 0 Å². The Balaban J connectivity index is 2.13. The van der Waals surface area contributed by atoms with Gasteiger partial charge in [0.05, 0.1) is 19.9 Å². The van der Waals surface area contributed by atoms with Crippen LogP contribution in [0.5, 0.6) is 11.5 Å². The lowest BCUT2D eigenvalue weighted by atomic mass is 10.1. The van der Waals surface area contributed by atoms with Crippen LogP contribution in [0.25, 0.3) is 6.08 Å². The van der Waals surface area contributed by atoms with Crippen molar-refractivity contribution in [2.24, 2.45) is 0 Å². The molecule has 0 fully saturated rings. The Morgan fingerprint density at radius 3 is 2.88 bits per heavy atom. The highest BCUT2D eigenvalue weighted by molar-refractivity contribution is 6.01.